The van der Waals surface area contributed by atoms with E-state index in [-0.39, 0.29) is 24.6 Å². The van der Waals surface area contributed by atoms with Crippen LogP contribution in [0.15, 0.2) is 0 Å². The first-order valence-corrected chi connectivity index (χ1v) is 8.19. The number of hydrogen-bond donors (Lipinski definition) is 6. The molecule has 9 heavy (non-hydrogen) atoms. The molecule has 0 heterocycles. The van der Waals surface area contributed by atoms with Gasteiger partial charge in [0.25, 0.3) is 0 Å². The Bertz CT molecular complexity index is 32.0. The van der Waals surface area contributed by atoms with Crippen molar-refractivity contribution in [2.45, 2.75) is 0 Å². The van der Waals surface area contributed by atoms with E-state index in [1.807, 2.05) is 0 Å². The zero-order valence-corrected chi connectivity index (χ0v) is 8.58. The molecule has 6 nitrogen and oxygen atoms in total. The molecule has 0 fully saturated rings. The van der Waals surface area contributed by atoms with E-state index < -0.39 is 14.7 Å². The zero-order chi connectivity index (χ0) is 4.50. The third-order valence-electron chi connectivity index (χ3n) is 0. The third kappa shape index (κ3) is 422. The predicted octanol–water partition coefficient (Wildman–Crippen LogP) is 0.910. The molecule has 9 heteroatoms. The molecule has 0 spiro atoms. The molecule has 0 aromatic carbocycles. The van der Waals surface area contributed by atoms with E-state index in [0.717, 1.165) is 0 Å². The predicted molar refractivity (Wildman–Crippen MR) is 36.2 cm³/mol. The fourth-order valence-corrected chi connectivity index (χ4v) is 0. The Morgan fingerprint density at radius 3 is 0.778 bits per heavy atom. The van der Waals surface area contributed by atoms with Crippen molar-refractivity contribution in [2.24, 2.45) is 0 Å². The Kier molecular flexibility index (Phi) is 42.3. The standard InChI is InChI=1S/2ClH.4H3N.2H2O.Pt/h2*1H;4*1H3;2*1H2;/q;;;;;;;;+4/p-4. The average Bonchev–Trinajstić information content (AvgIpc) is 0.722. The first-order valence-electron chi connectivity index (χ1n) is 0.522. The number of rotatable bonds is 0. The topological polar surface area (TPSA) is 180 Å². The van der Waals surface area contributed by atoms with Crippen molar-refractivity contribution < 1.29 is 22.3 Å². The second kappa shape index (κ2) is 11.8. The van der Waals surface area contributed by atoms with E-state index in [4.69, 9.17) is 7.52 Å². The summed E-state index contributed by atoms with van der Waals surface area (Å²) in [5, 5.41) is 0. The average molecular weight is 368 g/mol. The van der Waals surface area contributed by atoms with Crippen molar-refractivity contribution in [1.29, 1.82) is 0 Å². The van der Waals surface area contributed by atoms with Crippen LogP contribution in [0.5, 0.6) is 0 Å². The second-order valence-corrected chi connectivity index (χ2v) is 9.10. The minimum absolute atomic E-state index is 0. The summed E-state index contributed by atoms with van der Waals surface area (Å²) >= 11 is -4.00. The summed E-state index contributed by atoms with van der Waals surface area (Å²) in [5.41, 5.74) is 0. The minimum atomic E-state index is -4.00. The van der Waals surface area contributed by atoms with Crippen LogP contribution in [-0.4, -0.2) is 7.52 Å². The molecule has 0 saturated carbocycles. The van der Waals surface area contributed by atoms with Gasteiger partial charge in [0.05, 0.1) is 0 Å². The van der Waals surface area contributed by atoms with Crippen LogP contribution < -0.4 is 24.6 Å². The van der Waals surface area contributed by atoms with Gasteiger partial charge in [0.1, 0.15) is 0 Å². The normalized spacial score (nSPS) is 8.44. The molecule has 0 bridgehead atoms. The fraction of sp³-hybridized carbons (Fsp3) is 0. The molecule has 14 N–H and O–H groups in total. The van der Waals surface area contributed by atoms with E-state index in [1.54, 1.807) is 0 Å². The molecule has 70 valence electrons. The molecular formula is H14Cl2N4O2Pt. The summed E-state index contributed by atoms with van der Waals surface area (Å²) in [5.74, 6) is 0. The molecule has 0 aliphatic heterocycles. The first kappa shape index (κ1) is 32.3. The summed E-state index contributed by atoms with van der Waals surface area (Å²) in [4.78, 5) is 0. The van der Waals surface area contributed by atoms with Gasteiger partial charge >= 0.3 is 41.1 Å². The SMILES string of the molecule is N.N.N.N.[OH][Pt]([OH])([Cl])[Cl]. The van der Waals surface area contributed by atoms with Crippen LogP contribution in [0.4, 0.5) is 0 Å². The van der Waals surface area contributed by atoms with Gasteiger partial charge in [-0.3, -0.25) is 0 Å². The van der Waals surface area contributed by atoms with Crippen LogP contribution >= 0.6 is 18.8 Å². The second-order valence-electron chi connectivity index (χ2n) is 0.322. The van der Waals surface area contributed by atoms with Gasteiger partial charge in [-0.2, -0.15) is 0 Å². The quantitative estimate of drug-likeness (QED) is 0.369. The van der Waals surface area contributed by atoms with Crippen molar-refractivity contribution >= 4 is 18.8 Å². The van der Waals surface area contributed by atoms with Gasteiger partial charge in [-0.15, -0.1) is 0 Å². The van der Waals surface area contributed by atoms with Gasteiger partial charge in [0.15, 0.2) is 0 Å². The summed E-state index contributed by atoms with van der Waals surface area (Å²) in [7, 11) is 9.17. The Balaban J connectivity index is -0.0000000133. The van der Waals surface area contributed by atoms with Crippen molar-refractivity contribution in [3.05, 3.63) is 0 Å². The molecule has 0 radical (unpaired) electrons. The van der Waals surface area contributed by atoms with Gasteiger partial charge in [0, 0.05) is 0 Å². The van der Waals surface area contributed by atoms with Gasteiger partial charge in [-0.25, -0.2) is 0 Å². The number of halogens is 2. The summed E-state index contributed by atoms with van der Waals surface area (Å²) < 4.78 is 15.6. The molecule has 0 atom stereocenters. The van der Waals surface area contributed by atoms with E-state index in [1.165, 1.54) is 0 Å². The summed E-state index contributed by atoms with van der Waals surface area (Å²) in [6.45, 7) is 0. The van der Waals surface area contributed by atoms with Crippen molar-refractivity contribution in [3.63, 3.8) is 0 Å². The van der Waals surface area contributed by atoms with Gasteiger partial charge < -0.3 is 24.6 Å². The van der Waals surface area contributed by atoms with Crippen molar-refractivity contribution in [3.8, 4) is 0 Å². The van der Waals surface area contributed by atoms with Gasteiger partial charge in [0.2, 0.25) is 0 Å². The molecule has 0 aliphatic rings. The van der Waals surface area contributed by atoms with Crippen molar-refractivity contribution in [1.82, 2.24) is 24.6 Å². The molecule has 0 saturated heterocycles. The Morgan fingerprint density at radius 2 is 0.778 bits per heavy atom. The maximum absolute atomic E-state index is 7.79. The van der Waals surface area contributed by atoms with E-state index in [0.29, 0.717) is 0 Å². The summed E-state index contributed by atoms with van der Waals surface area (Å²) in [6.07, 6.45) is 0. The molecule has 0 amide bonds. The first-order chi connectivity index (χ1) is 2.00. The van der Waals surface area contributed by atoms with E-state index in [2.05, 4.69) is 18.8 Å². The molecule has 0 unspecified atom stereocenters. The van der Waals surface area contributed by atoms with Crippen LogP contribution in [-0.2, 0) is 14.7 Å². The molecule has 0 aliphatic carbocycles. The summed E-state index contributed by atoms with van der Waals surface area (Å²) in [6, 6.07) is 0. The van der Waals surface area contributed by atoms with E-state index >= 15 is 0 Å². The van der Waals surface area contributed by atoms with Gasteiger partial charge in [-0.05, 0) is 0 Å². The van der Waals surface area contributed by atoms with Gasteiger partial charge in [-0.1, -0.05) is 0 Å². The van der Waals surface area contributed by atoms with Crippen LogP contribution in [0.25, 0.3) is 0 Å². The van der Waals surface area contributed by atoms with Crippen LogP contribution in [0.3, 0.4) is 0 Å². The third-order valence-corrected chi connectivity index (χ3v) is 0. The zero-order valence-electron chi connectivity index (χ0n) is 4.80. The molecular weight excluding hydrogens is 354 g/mol. The Hall–Kier alpha value is 1.03. The molecule has 0 rings (SSSR count). The monoisotopic (exact) mass is 367 g/mol. The molecule has 0 aromatic rings. The van der Waals surface area contributed by atoms with E-state index in [9.17, 15) is 0 Å². The van der Waals surface area contributed by atoms with Crippen molar-refractivity contribution in [2.75, 3.05) is 0 Å². The van der Waals surface area contributed by atoms with Crippen LogP contribution in [0.1, 0.15) is 0 Å². The van der Waals surface area contributed by atoms with Crippen LogP contribution in [0.2, 0.25) is 0 Å². The Labute approximate surface area is 65.8 Å². The maximum atomic E-state index is 7.79. The van der Waals surface area contributed by atoms with Crippen LogP contribution in [0, 0.1) is 0 Å². The Morgan fingerprint density at radius 1 is 0.778 bits per heavy atom. The fourth-order valence-electron chi connectivity index (χ4n) is 0. The number of hydrogen-bond acceptors (Lipinski definition) is 6. The molecule has 0 aromatic heterocycles.